The topological polar surface area (TPSA) is 76.5 Å². The summed E-state index contributed by atoms with van der Waals surface area (Å²) in [5.41, 5.74) is 4.62. The van der Waals surface area contributed by atoms with E-state index in [2.05, 4.69) is 36.9 Å². The van der Waals surface area contributed by atoms with Gasteiger partial charge in [0.15, 0.2) is 16.8 Å². The van der Waals surface area contributed by atoms with Crippen molar-refractivity contribution in [3.63, 3.8) is 0 Å². The second-order valence-electron chi connectivity index (χ2n) is 7.91. The van der Waals surface area contributed by atoms with Crippen molar-refractivity contribution in [2.75, 3.05) is 0 Å². The van der Waals surface area contributed by atoms with Gasteiger partial charge in [0.25, 0.3) is 0 Å². The number of aryl methyl sites for hydroxylation is 1. The molecule has 1 atom stereocenters. The molecular weight excluding hydrogens is 430 g/mol. The second-order valence-corrected chi connectivity index (χ2v) is 9.22. The molecule has 2 aromatic carbocycles. The van der Waals surface area contributed by atoms with Crippen molar-refractivity contribution >= 4 is 28.4 Å². The summed E-state index contributed by atoms with van der Waals surface area (Å²) in [6.07, 6.45) is 3.52. The monoisotopic (exact) mass is 453 g/mol. The number of H-pyrrole nitrogens is 1. The van der Waals surface area contributed by atoms with Crippen LogP contribution >= 0.6 is 11.8 Å². The van der Waals surface area contributed by atoms with Crippen molar-refractivity contribution in [1.82, 2.24) is 24.7 Å². The first-order valence-electron chi connectivity index (χ1n) is 10.8. The zero-order chi connectivity index (χ0) is 22.8. The molecule has 0 aliphatic carbocycles. The van der Waals surface area contributed by atoms with Crippen molar-refractivity contribution in [1.29, 1.82) is 0 Å². The van der Waals surface area contributed by atoms with Crippen LogP contribution in [0.4, 0.5) is 0 Å². The van der Waals surface area contributed by atoms with Crippen LogP contribution in [0.25, 0.3) is 22.3 Å². The molecule has 0 aliphatic heterocycles. The molecule has 0 aliphatic rings. The number of rotatable bonds is 7. The summed E-state index contributed by atoms with van der Waals surface area (Å²) in [5.74, 6) is 0.810. The Morgan fingerprint density at radius 2 is 1.82 bits per heavy atom. The number of thioether (sulfide) groups is 1. The van der Waals surface area contributed by atoms with Gasteiger partial charge in [-0.25, -0.2) is 0 Å². The van der Waals surface area contributed by atoms with Crippen molar-refractivity contribution in [3.05, 3.63) is 95.9 Å². The van der Waals surface area contributed by atoms with Crippen LogP contribution in [0.3, 0.4) is 0 Å². The number of hydrogen-bond acceptors (Lipinski definition) is 5. The summed E-state index contributed by atoms with van der Waals surface area (Å²) in [7, 11) is 0. The number of aromatic nitrogens is 5. The van der Waals surface area contributed by atoms with Gasteiger partial charge < -0.3 is 4.98 Å². The Morgan fingerprint density at radius 3 is 2.61 bits per heavy atom. The molecule has 1 N–H and O–H groups in total. The third-order valence-electron chi connectivity index (χ3n) is 5.61. The molecule has 0 radical (unpaired) electrons. The van der Waals surface area contributed by atoms with Gasteiger partial charge in [0.05, 0.1) is 11.8 Å². The fourth-order valence-corrected chi connectivity index (χ4v) is 4.91. The number of fused-ring (bicyclic) bond motifs is 1. The van der Waals surface area contributed by atoms with E-state index >= 15 is 0 Å². The number of carbonyl (C=O) groups is 1. The summed E-state index contributed by atoms with van der Waals surface area (Å²) >= 11 is 1.43. The number of carbonyl (C=O) groups excluding carboxylic acids is 1. The van der Waals surface area contributed by atoms with Gasteiger partial charge in [-0.05, 0) is 37.6 Å². The number of nitrogens with zero attached hydrogens (tertiary/aromatic N) is 4. The first-order chi connectivity index (χ1) is 16.1. The van der Waals surface area contributed by atoms with E-state index in [4.69, 9.17) is 0 Å². The van der Waals surface area contributed by atoms with Crippen LogP contribution in [-0.2, 0) is 6.54 Å². The zero-order valence-electron chi connectivity index (χ0n) is 18.4. The van der Waals surface area contributed by atoms with E-state index in [0.717, 1.165) is 39.1 Å². The number of pyridine rings is 1. The van der Waals surface area contributed by atoms with E-state index in [9.17, 15) is 4.79 Å². The number of benzene rings is 2. The SMILES string of the molecule is Cc1[nH]c2ccccc2c1C(=O)C(C)Sc1nnc(-c2cccnc2)n1Cc1ccccc1. The van der Waals surface area contributed by atoms with Gasteiger partial charge in [0, 0.05) is 40.1 Å². The lowest BCUT2D eigenvalue weighted by Crippen LogP contribution is -2.16. The average molecular weight is 454 g/mol. The van der Waals surface area contributed by atoms with E-state index < -0.39 is 0 Å². The zero-order valence-corrected chi connectivity index (χ0v) is 19.2. The summed E-state index contributed by atoms with van der Waals surface area (Å²) in [4.78, 5) is 21.0. The lowest BCUT2D eigenvalue weighted by Gasteiger charge is -2.13. The predicted molar refractivity (Wildman–Crippen MR) is 131 cm³/mol. The maximum Gasteiger partial charge on any atom is 0.192 e. The standard InChI is InChI=1S/C26H23N5OS/c1-17-23(21-12-6-7-13-22(21)28-17)24(32)18(2)33-26-30-29-25(20-11-8-14-27-15-20)31(26)16-19-9-4-3-5-10-19/h3-15,18,28H,16H2,1-2H3. The number of aromatic amines is 1. The average Bonchev–Trinajstić information content (AvgIpc) is 3.39. The molecule has 5 rings (SSSR count). The van der Waals surface area contributed by atoms with Crippen LogP contribution in [0.1, 0.15) is 28.5 Å². The second kappa shape index (κ2) is 9.03. The Hall–Kier alpha value is -3.71. The fourth-order valence-electron chi connectivity index (χ4n) is 4.00. The molecule has 33 heavy (non-hydrogen) atoms. The normalized spacial score (nSPS) is 12.2. The number of ketones is 1. The third-order valence-corrected chi connectivity index (χ3v) is 6.69. The van der Waals surface area contributed by atoms with Gasteiger partial charge in [-0.3, -0.25) is 14.3 Å². The molecule has 0 saturated carbocycles. The van der Waals surface area contributed by atoms with E-state index in [1.165, 1.54) is 11.8 Å². The van der Waals surface area contributed by atoms with Crippen LogP contribution in [0.2, 0.25) is 0 Å². The van der Waals surface area contributed by atoms with Crippen LogP contribution in [0.15, 0.2) is 84.3 Å². The highest BCUT2D eigenvalue weighted by Gasteiger charge is 2.25. The lowest BCUT2D eigenvalue weighted by atomic mass is 10.1. The molecule has 0 amide bonds. The van der Waals surface area contributed by atoms with Crippen LogP contribution in [-0.4, -0.2) is 35.8 Å². The first kappa shape index (κ1) is 21.2. The van der Waals surface area contributed by atoms with Gasteiger partial charge in [0.2, 0.25) is 0 Å². The van der Waals surface area contributed by atoms with E-state index in [1.54, 1.807) is 12.4 Å². The molecule has 0 fully saturated rings. The number of Topliss-reactive ketones (excluding diaryl/α,β-unsaturated/α-hetero) is 1. The molecule has 6 nitrogen and oxygen atoms in total. The molecular formula is C26H23N5OS. The summed E-state index contributed by atoms with van der Waals surface area (Å²) in [5, 5.41) is 10.3. The minimum absolute atomic E-state index is 0.0761. The Morgan fingerprint density at radius 1 is 1.03 bits per heavy atom. The highest BCUT2D eigenvalue weighted by Crippen LogP contribution is 2.31. The molecule has 5 aromatic rings. The molecule has 3 heterocycles. The first-order valence-corrected chi connectivity index (χ1v) is 11.7. The highest BCUT2D eigenvalue weighted by atomic mass is 32.2. The molecule has 3 aromatic heterocycles. The Bertz CT molecular complexity index is 1410. The molecule has 0 saturated heterocycles. The number of para-hydroxylation sites is 1. The van der Waals surface area contributed by atoms with Gasteiger partial charge >= 0.3 is 0 Å². The third kappa shape index (κ3) is 4.19. The maximum absolute atomic E-state index is 13.5. The summed E-state index contributed by atoms with van der Waals surface area (Å²) in [6.45, 7) is 4.48. The fraction of sp³-hybridized carbons (Fsp3) is 0.154. The van der Waals surface area contributed by atoms with Crippen LogP contribution in [0, 0.1) is 6.92 Å². The van der Waals surface area contributed by atoms with Gasteiger partial charge in [-0.2, -0.15) is 0 Å². The molecule has 7 heteroatoms. The van der Waals surface area contributed by atoms with E-state index in [0.29, 0.717) is 11.7 Å². The maximum atomic E-state index is 13.5. The summed E-state index contributed by atoms with van der Waals surface area (Å²) < 4.78 is 2.06. The lowest BCUT2D eigenvalue weighted by molar-refractivity contribution is 0.0995. The van der Waals surface area contributed by atoms with E-state index in [1.807, 2.05) is 68.4 Å². The number of nitrogens with one attached hydrogen (secondary N) is 1. The van der Waals surface area contributed by atoms with Gasteiger partial charge in [-0.1, -0.05) is 60.3 Å². The van der Waals surface area contributed by atoms with Crippen molar-refractivity contribution < 1.29 is 4.79 Å². The van der Waals surface area contributed by atoms with Gasteiger partial charge in [0.1, 0.15) is 0 Å². The highest BCUT2D eigenvalue weighted by molar-refractivity contribution is 8.00. The van der Waals surface area contributed by atoms with E-state index in [-0.39, 0.29) is 11.0 Å². The number of hydrogen-bond donors (Lipinski definition) is 1. The minimum Gasteiger partial charge on any atom is -0.358 e. The smallest absolute Gasteiger partial charge is 0.192 e. The Balaban J connectivity index is 1.49. The molecule has 164 valence electrons. The predicted octanol–water partition coefficient (Wildman–Crippen LogP) is 5.54. The quantitative estimate of drug-likeness (QED) is 0.259. The molecule has 1 unspecified atom stereocenters. The largest absolute Gasteiger partial charge is 0.358 e. The Labute approximate surface area is 196 Å². The molecule has 0 bridgehead atoms. The Kier molecular flexibility index (Phi) is 5.79. The minimum atomic E-state index is -0.330. The summed E-state index contributed by atoms with van der Waals surface area (Å²) in [6, 6.07) is 21.9. The van der Waals surface area contributed by atoms with Crippen LogP contribution < -0.4 is 0 Å². The van der Waals surface area contributed by atoms with Gasteiger partial charge in [-0.15, -0.1) is 10.2 Å². The van der Waals surface area contributed by atoms with Crippen molar-refractivity contribution in [2.45, 2.75) is 30.8 Å². The van der Waals surface area contributed by atoms with Crippen molar-refractivity contribution in [3.8, 4) is 11.4 Å². The molecule has 0 spiro atoms. The van der Waals surface area contributed by atoms with Crippen molar-refractivity contribution in [2.24, 2.45) is 0 Å². The van der Waals surface area contributed by atoms with Crippen LogP contribution in [0.5, 0.6) is 0 Å².